The van der Waals surface area contributed by atoms with Gasteiger partial charge in [0.2, 0.25) is 5.43 Å². The summed E-state index contributed by atoms with van der Waals surface area (Å²) in [7, 11) is 0. The number of H-pyrrole nitrogens is 2. The van der Waals surface area contributed by atoms with Crippen LogP contribution in [0.25, 0.3) is 11.0 Å². The quantitative estimate of drug-likeness (QED) is 0.494. The van der Waals surface area contributed by atoms with E-state index in [1.165, 1.54) is 36.7 Å². The van der Waals surface area contributed by atoms with E-state index >= 15 is 0 Å². The van der Waals surface area contributed by atoms with Crippen LogP contribution in [0.5, 0.6) is 5.75 Å². The van der Waals surface area contributed by atoms with Gasteiger partial charge >= 0.3 is 0 Å². The zero-order valence-corrected chi connectivity index (χ0v) is 11.8. The molecule has 0 saturated carbocycles. The van der Waals surface area contributed by atoms with Gasteiger partial charge in [-0.05, 0) is 30.4 Å². The zero-order chi connectivity index (χ0) is 15.7. The van der Waals surface area contributed by atoms with Crippen molar-refractivity contribution in [3.63, 3.8) is 0 Å². The highest BCUT2D eigenvalue weighted by Crippen LogP contribution is 2.17. The van der Waals surface area contributed by atoms with E-state index < -0.39 is 5.56 Å². The van der Waals surface area contributed by atoms with Crippen molar-refractivity contribution < 1.29 is 9.52 Å². The molecule has 3 rings (SSSR count). The molecule has 7 nitrogen and oxygen atoms in total. The predicted octanol–water partition coefficient (Wildman–Crippen LogP) is 2.00. The summed E-state index contributed by atoms with van der Waals surface area (Å²) in [6, 6.07) is 5.45. The molecule has 0 fully saturated rings. The van der Waals surface area contributed by atoms with E-state index in [9.17, 15) is 14.7 Å². The highest BCUT2D eigenvalue weighted by atomic mass is 32.1. The number of hydrogen-bond donors (Lipinski definition) is 3. The van der Waals surface area contributed by atoms with Crippen LogP contribution in [0.1, 0.15) is 5.56 Å². The molecule has 0 radical (unpaired) electrons. The summed E-state index contributed by atoms with van der Waals surface area (Å²) >= 11 is 4.83. The molecule has 0 aliphatic rings. The highest BCUT2D eigenvalue weighted by molar-refractivity contribution is 7.71. The third-order valence-electron chi connectivity index (χ3n) is 2.87. The minimum absolute atomic E-state index is 0.0347. The summed E-state index contributed by atoms with van der Waals surface area (Å²) in [6.07, 6.45) is 2.52. The van der Waals surface area contributed by atoms with Crippen LogP contribution < -0.4 is 11.0 Å². The molecule has 0 amide bonds. The standard InChI is InChI=1S/C14H9N3O4S/c18-8-1-2-10-9(3-8)13(20)7(6-21-10)5-15-11-4-12(19)17-14(22)16-11/h1-6,18H,(H2,16,17,19,22). The molecule has 0 unspecified atom stereocenters. The Morgan fingerprint density at radius 2 is 2.05 bits per heavy atom. The number of phenolic OH excluding ortho intramolecular Hbond substituents is 1. The number of aromatic hydroxyl groups is 1. The van der Waals surface area contributed by atoms with Gasteiger partial charge in [-0.25, -0.2) is 4.99 Å². The lowest BCUT2D eigenvalue weighted by atomic mass is 10.2. The van der Waals surface area contributed by atoms with E-state index in [1.54, 1.807) is 0 Å². The first-order valence-corrected chi connectivity index (χ1v) is 6.56. The normalized spacial score (nSPS) is 11.3. The molecule has 8 heteroatoms. The maximum atomic E-state index is 12.3. The molecule has 2 heterocycles. The van der Waals surface area contributed by atoms with Crippen molar-refractivity contribution in [2.75, 3.05) is 0 Å². The first-order valence-electron chi connectivity index (χ1n) is 6.15. The Labute approximate surface area is 127 Å². The molecular formula is C14H9N3O4S. The van der Waals surface area contributed by atoms with Crippen LogP contribution in [0.15, 0.2) is 49.5 Å². The molecule has 0 aliphatic heterocycles. The van der Waals surface area contributed by atoms with Gasteiger partial charge in [0.05, 0.1) is 10.9 Å². The van der Waals surface area contributed by atoms with Gasteiger partial charge in [0.15, 0.2) is 4.77 Å². The number of nitrogens with zero attached hydrogens (tertiary/aromatic N) is 1. The number of phenols is 1. The fourth-order valence-electron chi connectivity index (χ4n) is 1.89. The van der Waals surface area contributed by atoms with E-state index in [1.807, 2.05) is 0 Å². The summed E-state index contributed by atoms with van der Waals surface area (Å²) in [5, 5.41) is 9.68. The average Bonchev–Trinajstić information content (AvgIpc) is 2.46. The van der Waals surface area contributed by atoms with Crippen LogP contribution >= 0.6 is 12.2 Å². The van der Waals surface area contributed by atoms with Crippen LogP contribution in [-0.4, -0.2) is 21.3 Å². The van der Waals surface area contributed by atoms with Gasteiger partial charge in [-0.3, -0.25) is 14.6 Å². The first kappa shape index (κ1) is 14.0. The molecule has 0 bridgehead atoms. The number of fused-ring (bicyclic) bond motifs is 1. The third kappa shape index (κ3) is 2.72. The number of benzene rings is 1. The van der Waals surface area contributed by atoms with E-state index in [0.717, 1.165) is 0 Å². The second-order valence-corrected chi connectivity index (χ2v) is 4.84. The van der Waals surface area contributed by atoms with Crippen molar-refractivity contribution >= 4 is 35.2 Å². The molecule has 3 aromatic rings. The van der Waals surface area contributed by atoms with Gasteiger partial charge in [-0.1, -0.05) is 0 Å². The maximum Gasteiger partial charge on any atom is 0.253 e. The molecule has 1 aromatic carbocycles. The summed E-state index contributed by atoms with van der Waals surface area (Å²) in [5.41, 5.74) is -0.205. The van der Waals surface area contributed by atoms with Crippen LogP contribution in [-0.2, 0) is 0 Å². The van der Waals surface area contributed by atoms with Crippen molar-refractivity contribution in [2.45, 2.75) is 0 Å². The Balaban J connectivity index is 2.09. The number of aliphatic imine (C=N–C) groups is 1. The summed E-state index contributed by atoms with van der Waals surface area (Å²) in [4.78, 5) is 32.6. The third-order valence-corrected chi connectivity index (χ3v) is 3.08. The topological polar surface area (TPSA) is 111 Å². The lowest BCUT2D eigenvalue weighted by Crippen LogP contribution is -2.08. The number of aromatic amines is 2. The molecule has 110 valence electrons. The van der Waals surface area contributed by atoms with Crippen molar-refractivity contribution in [1.82, 2.24) is 9.97 Å². The Morgan fingerprint density at radius 3 is 2.82 bits per heavy atom. The summed E-state index contributed by atoms with van der Waals surface area (Å²) in [6.45, 7) is 0. The monoisotopic (exact) mass is 315 g/mol. The smallest absolute Gasteiger partial charge is 0.253 e. The van der Waals surface area contributed by atoms with E-state index in [0.29, 0.717) is 5.58 Å². The minimum atomic E-state index is -0.397. The fourth-order valence-corrected chi connectivity index (χ4v) is 2.09. The number of hydrogen-bond acceptors (Lipinski definition) is 6. The van der Waals surface area contributed by atoms with Crippen LogP contribution in [0, 0.1) is 4.77 Å². The molecule has 22 heavy (non-hydrogen) atoms. The summed E-state index contributed by atoms with van der Waals surface area (Å²) in [5.74, 6) is 0.178. The van der Waals surface area contributed by atoms with Gasteiger partial charge < -0.3 is 14.5 Å². The Kier molecular flexibility index (Phi) is 3.43. The summed E-state index contributed by atoms with van der Waals surface area (Å²) < 4.78 is 5.45. The predicted molar refractivity (Wildman–Crippen MR) is 83.7 cm³/mol. The minimum Gasteiger partial charge on any atom is -0.508 e. The van der Waals surface area contributed by atoms with Gasteiger partial charge in [-0.15, -0.1) is 0 Å². The Bertz CT molecular complexity index is 1030. The van der Waals surface area contributed by atoms with Crippen molar-refractivity contribution in [1.29, 1.82) is 0 Å². The Hall–Kier alpha value is -3.00. The lowest BCUT2D eigenvalue weighted by Gasteiger charge is -1.99. The maximum absolute atomic E-state index is 12.3. The second-order valence-electron chi connectivity index (χ2n) is 4.43. The molecule has 2 aromatic heterocycles. The SMILES string of the molecule is O=c1cc(N=Cc2coc3ccc(O)cc3c2=O)[nH]c(=S)[nH]1. The molecule has 0 atom stereocenters. The average molecular weight is 315 g/mol. The number of aromatic nitrogens is 2. The van der Waals surface area contributed by atoms with Crippen molar-refractivity contribution in [3.8, 4) is 5.75 Å². The van der Waals surface area contributed by atoms with Gasteiger partial charge in [0, 0.05) is 12.3 Å². The van der Waals surface area contributed by atoms with Crippen molar-refractivity contribution in [3.05, 3.63) is 61.4 Å². The van der Waals surface area contributed by atoms with Gasteiger partial charge in [0.25, 0.3) is 5.56 Å². The first-order chi connectivity index (χ1) is 10.5. The second kappa shape index (κ2) is 5.41. The fraction of sp³-hybridized carbons (Fsp3) is 0. The molecule has 3 N–H and O–H groups in total. The van der Waals surface area contributed by atoms with Crippen LogP contribution in [0.4, 0.5) is 5.82 Å². The molecular weight excluding hydrogens is 306 g/mol. The highest BCUT2D eigenvalue weighted by Gasteiger charge is 2.06. The number of rotatable bonds is 2. The Morgan fingerprint density at radius 1 is 1.23 bits per heavy atom. The van der Waals surface area contributed by atoms with Crippen molar-refractivity contribution in [2.24, 2.45) is 4.99 Å². The van der Waals surface area contributed by atoms with E-state index in [4.69, 9.17) is 16.6 Å². The molecule has 0 spiro atoms. The largest absolute Gasteiger partial charge is 0.508 e. The van der Waals surface area contributed by atoms with Crippen LogP contribution in [0.2, 0.25) is 0 Å². The molecule has 0 saturated heterocycles. The molecule has 0 aliphatic carbocycles. The van der Waals surface area contributed by atoms with E-state index in [-0.39, 0.29) is 32.7 Å². The zero-order valence-electron chi connectivity index (χ0n) is 11.0. The van der Waals surface area contributed by atoms with Gasteiger partial charge in [0.1, 0.15) is 23.4 Å². The van der Waals surface area contributed by atoms with Gasteiger partial charge in [-0.2, -0.15) is 0 Å². The van der Waals surface area contributed by atoms with E-state index in [2.05, 4.69) is 15.0 Å². The number of nitrogens with one attached hydrogen (secondary N) is 2. The lowest BCUT2D eigenvalue weighted by molar-refractivity contribution is 0.475. The van der Waals surface area contributed by atoms with Crippen LogP contribution in [0.3, 0.4) is 0 Å².